The van der Waals surface area contributed by atoms with Gasteiger partial charge in [0.2, 0.25) is 0 Å². The molecule has 2 saturated heterocycles. The average Bonchev–Trinajstić information content (AvgIpc) is 3.41. The predicted molar refractivity (Wildman–Crippen MR) is 108 cm³/mol. The van der Waals surface area contributed by atoms with Crippen LogP contribution in [0.15, 0.2) is 54.9 Å². The Bertz CT molecular complexity index is 1000. The monoisotopic (exact) mass is 388 g/mol. The summed E-state index contributed by atoms with van der Waals surface area (Å²) in [5.41, 5.74) is 1.75. The molecule has 0 radical (unpaired) electrons. The molecule has 148 valence electrons. The van der Waals surface area contributed by atoms with E-state index in [4.69, 9.17) is 4.98 Å². The number of pyridine rings is 1. The minimum atomic E-state index is -0.234. The molecule has 7 heteroatoms. The number of fused-ring (bicyclic) bond motifs is 1. The van der Waals surface area contributed by atoms with Crippen molar-refractivity contribution in [3.8, 4) is 0 Å². The summed E-state index contributed by atoms with van der Waals surface area (Å²) in [6.07, 6.45) is 3.33. The summed E-state index contributed by atoms with van der Waals surface area (Å²) < 4.78 is 0. The van der Waals surface area contributed by atoms with Crippen molar-refractivity contribution in [1.29, 1.82) is 0 Å². The van der Waals surface area contributed by atoms with Crippen LogP contribution >= 0.6 is 0 Å². The summed E-state index contributed by atoms with van der Waals surface area (Å²) in [6, 6.07) is 14.1. The van der Waals surface area contributed by atoms with Crippen LogP contribution in [0.5, 0.6) is 0 Å². The summed E-state index contributed by atoms with van der Waals surface area (Å²) in [4.78, 5) is 26.2. The number of hydrogen-bond donors (Lipinski definition) is 1. The Labute approximate surface area is 169 Å². The molecular weight excluding hydrogens is 364 g/mol. The largest absolute Gasteiger partial charge is 0.337 e. The van der Waals surface area contributed by atoms with Gasteiger partial charge < -0.3 is 4.90 Å². The third-order valence-electron chi connectivity index (χ3n) is 6.19. The van der Waals surface area contributed by atoms with Crippen LogP contribution in [-0.2, 0) is 12.0 Å². The zero-order valence-electron chi connectivity index (χ0n) is 16.5. The first-order valence-electron chi connectivity index (χ1n) is 9.99. The molecule has 29 heavy (non-hydrogen) atoms. The van der Waals surface area contributed by atoms with E-state index in [9.17, 15) is 4.79 Å². The molecule has 3 aromatic rings. The molecule has 2 aliphatic rings. The SMILES string of the molecule is Cc1nc([C@]23CN(Cc4ccccc4)C[C@H]2CN(C(=O)c2ccncc2)C3)n[nH]1. The number of aromatic nitrogens is 4. The molecular formula is C22H24N6O. The number of nitrogens with zero attached hydrogens (tertiary/aromatic N) is 5. The van der Waals surface area contributed by atoms with Crippen molar-refractivity contribution in [3.63, 3.8) is 0 Å². The van der Waals surface area contributed by atoms with Crippen molar-refractivity contribution in [1.82, 2.24) is 30.0 Å². The number of aryl methyl sites for hydroxylation is 1. The third-order valence-corrected chi connectivity index (χ3v) is 6.19. The van der Waals surface area contributed by atoms with Gasteiger partial charge in [-0.2, -0.15) is 5.10 Å². The maximum Gasteiger partial charge on any atom is 0.254 e. The van der Waals surface area contributed by atoms with Gasteiger partial charge in [0.1, 0.15) is 5.82 Å². The lowest BCUT2D eigenvalue weighted by Gasteiger charge is -2.27. The fourth-order valence-electron chi connectivity index (χ4n) is 4.85. The number of benzene rings is 1. The quantitative estimate of drug-likeness (QED) is 0.740. The van der Waals surface area contributed by atoms with E-state index >= 15 is 0 Å². The highest BCUT2D eigenvalue weighted by atomic mass is 16.2. The zero-order valence-corrected chi connectivity index (χ0v) is 16.5. The summed E-state index contributed by atoms with van der Waals surface area (Å²) >= 11 is 0. The highest BCUT2D eigenvalue weighted by Crippen LogP contribution is 2.44. The lowest BCUT2D eigenvalue weighted by atomic mass is 9.80. The molecule has 0 bridgehead atoms. The summed E-state index contributed by atoms with van der Waals surface area (Å²) in [5, 5.41) is 7.53. The van der Waals surface area contributed by atoms with E-state index in [0.29, 0.717) is 18.0 Å². The molecule has 1 amide bonds. The topological polar surface area (TPSA) is 78.0 Å². The minimum absolute atomic E-state index is 0.0584. The lowest BCUT2D eigenvalue weighted by molar-refractivity contribution is 0.0769. The van der Waals surface area contributed by atoms with Gasteiger partial charge >= 0.3 is 0 Å². The highest BCUT2D eigenvalue weighted by molar-refractivity contribution is 5.94. The van der Waals surface area contributed by atoms with Gasteiger partial charge in [0.25, 0.3) is 5.91 Å². The molecule has 2 aliphatic heterocycles. The number of H-pyrrole nitrogens is 1. The molecule has 4 heterocycles. The maximum atomic E-state index is 13.1. The summed E-state index contributed by atoms with van der Waals surface area (Å²) in [6.45, 7) is 5.97. The van der Waals surface area contributed by atoms with Crippen LogP contribution in [0.1, 0.15) is 27.6 Å². The van der Waals surface area contributed by atoms with Crippen molar-refractivity contribution in [2.45, 2.75) is 18.9 Å². The Morgan fingerprint density at radius 2 is 1.93 bits per heavy atom. The zero-order chi connectivity index (χ0) is 19.8. The highest BCUT2D eigenvalue weighted by Gasteiger charge is 2.56. The average molecular weight is 388 g/mol. The number of nitrogens with one attached hydrogen (secondary N) is 1. The first-order chi connectivity index (χ1) is 14.1. The van der Waals surface area contributed by atoms with Crippen LogP contribution in [0.3, 0.4) is 0 Å². The number of hydrogen-bond acceptors (Lipinski definition) is 5. The smallest absolute Gasteiger partial charge is 0.254 e. The van der Waals surface area contributed by atoms with Gasteiger partial charge in [0, 0.05) is 56.6 Å². The molecule has 7 nitrogen and oxygen atoms in total. The van der Waals surface area contributed by atoms with Crippen LogP contribution in [0.25, 0.3) is 0 Å². The normalized spacial score (nSPS) is 24.0. The molecule has 0 spiro atoms. The molecule has 5 rings (SSSR count). The minimum Gasteiger partial charge on any atom is -0.337 e. The van der Waals surface area contributed by atoms with E-state index < -0.39 is 0 Å². The molecule has 1 N–H and O–H groups in total. The van der Waals surface area contributed by atoms with Crippen molar-refractivity contribution in [3.05, 3.63) is 77.6 Å². The molecule has 2 fully saturated rings. The van der Waals surface area contributed by atoms with Crippen LogP contribution in [0.2, 0.25) is 0 Å². The van der Waals surface area contributed by atoms with Gasteiger partial charge in [-0.1, -0.05) is 30.3 Å². The lowest BCUT2D eigenvalue weighted by Crippen LogP contribution is -2.40. The molecule has 2 aromatic heterocycles. The Balaban J connectivity index is 1.42. The van der Waals surface area contributed by atoms with E-state index in [1.54, 1.807) is 24.5 Å². The van der Waals surface area contributed by atoms with Gasteiger partial charge in [-0.15, -0.1) is 0 Å². The van der Waals surface area contributed by atoms with Crippen LogP contribution in [0.4, 0.5) is 0 Å². The number of aromatic amines is 1. The van der Waals surface area contributed by atoms with E-state index in [1.807, 2.05) is 17.9 Å². The second-order valence-electron chi connectivity index (χ2n) is 8.17. The Kier molecular flexibility index (Phi) is 4.39. The van der Waals surface area contributed by atoms with Gasteiger partial charge in [0.05, 0.1) is 5.41 Å². The van der Waals surface area contributed by atoms with E-state index in [2.05, 4.69) is 44.3 Å². The number of amides is 1. The molecule has 0 aliphatic carbocycles. The fourth-order valence-corrected chi connectivity index (χ4v) is 4.85. The molecule has 2 atom stereocenters. The van der Waals surface area contributed by atoms with Crippen LogP contribution < -0.4 is 0 Å². The van der Waals surface area contributed by atoms with E-state index in [-0.39, 0.29) is 11.3 Å². The second-order valence-corrected chi connectivity index (χ2v) is 8.17. The van der Waals surface area contributed by atoms with E-state index in [1.165, 1.54) is 5.56 Å². The van der Waals surface area contributed by atoms with Gasteiger partial charge in [-0.3, -0.25) is 19.8 Å². The predicted octanol–water partition coefficient (Wildman–Crippen LogP) is 2.03. The summed E-state index contributed by atoms with van der Waals surface area (Å²) in [5.74, 6) is 2.02. The third kappa shape index (κ3) is 3.21. The van der Waals surface area contributed by atoms with Crippen LogP contribution in [-0.4, -0.2) is 62.1 Å². The van der Waals surface area contributed by atoms with E-state index in [0.717, 1.165) is 37.8 Å². The molecule has 0 unspecified atom stereocenters. The number of carbonyl (C=O) groups is 1. The van der Waals surface area contributed by atoms with Gasteiger partial charge in [0.15, 0.2) is 5.82 Å². The van der Waals surface area contributed by atoms with Crippen LogP contribution in [0, 0.1) is 12.8 Å². The molecule has 0 saturated carbocycles. The summed E-state index contributed by atoms with van der Waals surface area (Å²) in [7, 11) is 0. The van der Waals surface area contributed by atoms with Crippen molar-refractivity contribution < 1.29 is 4.79 Å². The fraction of sp³-hybridized carbons (Fsp3) is 0.364. The Morgan fingerprint density at radius 1 is 1.14 bits per heavy atom. The molecule has 1 aromatic carbocycles. The first-order valence-corrected chi connectivity index (χ1v) is 9.99. The standard InChI is InChI=1S/C22H24N6O/c1-16-24-21(26-25-16)22-14-27(11-17-5-3-2-4-6-17)12-19(22)13-28(15-22)20(29)18-7-9-23-10-8-18/h2-10,19H,11-15H2,1H3,(H,24,25,26)/t19-,22-/m0/s1. The van der Waals surface area contributed by atoms with Crippen molar-refractivity contribution >= 4 is 5.91 Å². The number of carbonyl (C=O) groups excluding carboxylic acids is 1. The first kappa shape index (κ1) is 18.0. The Hall–Kier alpha value is -3.06. The maximum absolute atomic E-state index is 13.1. The number of rotatable bonds is 4. The Morgan fingerprint density at radius 3 is 2.66 bits per heavy atom. The van der Waals surface area contributed by atoms with Crippen molar-refractivity contribution in [2.24, 2.45) is 5.92 Å². The number of likely N-dealkylation sites (tertiary alicyclic amines) is 2. The second kappa shape index (κ2) is 7.08. The van der Waals surface area contributed by atoms with Gasteiger partial charge in [-0.05, 0) is 24.6 Å². The van der Waals surface area contributed by atoms with Crippen molar-refractivity contribution in [2.75, 3.05) is 26.2 Å². The van der Waals surface area contributed by atoms with Gasteiger partial charge in [-0.25, -0.2) is 4.98 Å².